The van der Waals surface area contributed by atoms with E-state index in [4.69, 9.17) is 9.63 Å². The Bertz CT molecular complexity index is 929. The van der Waals surface area contributed by atoms with Gasteiger partial charge in [0.05, 0.1) is 0 Å². The molecule has 0 fully saturated rings. The number of aromatic nitrogens is 3. The maximum absolute atomic E-state index is 12.2. The molecule has 0 aliphatic heterocycles. The zero-order valence-electron chi connectivity index (χ0n) is 13.0. The van der Waals surface area contributed by atoms with E-state index >= 15 is 0 Å². The van der Waals surface area contributed by atoms with Crippen LogP contribution in [0.5, 0.6) is 0 Å². The standard InChI is InChI=1S/C17H15N3O4/c1-11-7-8-20(16(21)15(11)17(22)23)10-14-18-13(19-24-14)9-12-5-3-2-4-6-12/h2-8H,9-10H2,1H3,(H,22,23). The average Bonchev–Trinajstić information content (AvgIpc) is 2.98. The fraction of sp³-hybridized carbons (Fsp3) is 0.176. The van der Waals surface area contributed by atoms with Gasteiger partial charge >= 0.3 is 5.97 Å². The molecule has 0 spiro atoms. The van der Waals surface area contributed by atoms with Crippen LogP contribution in [0.2, 0.25) is 0 Å². The van der Waals surface area contributed by atoms with Crippen molar-refractivity contribution in [2.24, 2.45) is 0 Å². The molecule has 24 heavy (non-hydrogen) atoms. The summed E-state index contributed by atoms with van der Waals surface area (Å²) in [4.78, 5) is 27.7. The molecule has 0 aliphatic carbocycles. The first kappa shape index (κ1) is 15.7. The van der Waals surface area contributed by atoms with Crippen molar-refractivity contribution in [1.82, 2.24) is 14.7 Å². The summed E-state index contributed by atoms with van der Waals surface area (Å²) in [7, 11) is 0. The van der Waals surface area contributed by atoms with Crippen LogP contribution in [0.4, 0.5) is 0 Å². The van der Waals surface area contributed by atoms with Crippen molar-refractivity contribution in [2.75, 3.05) is 0 Å². The summed E-state index contributed by atoms with van der Waals surface area (Å²) in [5, 5.41) is 13.0. The predicted molar refractivity (Wildman–Crippen MR) is 85.0 cm³/mol. The highest BCUT2D eigenvalue weighted by Gasteiger charge is 2.16. The molecule has 0 radical (unpaired) electrons. The molecule has 1 aromatic carbocycles. The van der Waals surface area contributed by atoms with E-state index in [2.05, 4.69) is 10.1 Å². The summed E-state index contributed by atoms with van der Waals surface area (Å²) in [6, 6.07) is 11.3. The highest BCUT2D eigenvalue weighted by molar-refractivity contribution is 5.88. The van der Waals surface area contributed by atoms with Crippen LogP contribution in [-0.2, 0) is 13.0 Å². The molecule has 7 nitrogen and oxygen atoms in total. The minimum Gasteiger partial charge on any atom is -0.477 e. The number of rotatable bonds is 5. The molecule has 2 aromatic heterocycles. The summed E-state index contributed by atoms with van der Waals surface area (Å²) in [6.45, 7) is 1.61. The van der Waals surface area contributed by atoms with Crippen LogP contribution < -0.4 is 5.56 Å². The highest BCUT2D eigenvalue weighted by atomic mass is 16.5. The minimum atomic E-state index is -1.25. The number of hydrogen-bond donors (Lipinski definition) is 1. The zero-order valence-corrected chi connectivity index (χ0v) is 13.0. The lowest BCUT2D eigenvalue weighted by atomic mass is 10.1. The Morgan fingerprint density at radius 2 is 2.00 bits per heavy atom. The van der Waals surface area contributed by atoms with Gasteiger partial charge in [-0.25, -0.2) is 4.79 Å². The van der Waals surface area contributed by atoms with Gasteiger partial charge in [0.25, 0.3) is 5.56 Å². The largest absolute Gasteiger partial charge is 0.477 e. The first-order valence-corrected chi connectivity index (χ1v) is 7.33. The molecule has 0 amide bonds. The van der Waals surface area contributed by atoms with Crippen molar-refractivity contribution in [1.29, 1.82) is 0 Å². The third kappa shape index (κ3) is 3.24. The van der Waals surface area contributed by atoms with Gasteiger partial charge < -0.3 is 14.2 Å². The monoisotopic (exact) mass is 325 g/mol. The van der Waals surface area contributed by atoms with Crippen LogP contribution in [0.25, 0.3) is 0 Å². The minimum absolute atomic E-state index is 0.0290. The molecule has 0 saturated carbocycles. The molecule has 0 bridgehead atoms. The lowest BCUT2D eigenvalue weighted by molar-refractivity contribution is 0.0693. The van der Waals surface area contributed by atoms with Crippen LogP contribution in [0, 0.1) is 6.92 Å². The second-order valence-electron chi connectivity index (χ2n) is 5.38. The SMILES string of the molecule is Cc1ccn(Cc2nc(Cc3ccccc3)no2)c(=O)c1C(=O)O. The van der Waals surface area contributed by atoms with Gasteiger partial charge in [0, 0.05) is 12.6 Å². The van der Waals surface area contributed by atoms with Gasteiger partial charge in [0.2, 0.25) is 5.89 Å². The Balaban J connectivity index is 1.82. The molecule has 0 saturated heterocycles. The van der Waals surface area contributed by atoms with Gasteiger partial charge in [0.1, 0.15) is 12.1 Å². The van der Waals surface area contributed by atoms with Gasteiger partial charge in [-0.05, 0) is 24.1 Å². The molecule has 0 unspecified atom stereocenters. The van der Waals surface area contributed by atoms with E-state index in [0.29, 0.717) is 17.8 Å². The smallest absolute Gasteiger partial charge is 0.341 e. The van der Waals surface area contributed by atoms with Crippen molar-refractivity contribution in [3.8, 4) is 0 Å². The molecule has 1 N–H and O–H groups in total. The lowest BCUT2D eigenvalue weighted by Gasteiger charge is -2.05. The van der Waals surface area contributed by atoms with Gasteiger partial charge in [0.15, 0.2) is 5.82 Å². The summed E-state index contributed by atoms with van der Waals surface area (Å²) in [6.07, 6.45) is 2.04. The van der Waals surface area contributed by atoms with Gasteiger partial charge in [-0.2, -0.15) is 4.98 Å². The Hall–Kier alpha value is -3.22. The number of carbonyl (C=O) groups is 1. The van der Waals surface area contributed by atoms with Crippen molar-refractivity contribution >= 4 is 5.97 Å². The number of carboxylic acid groups (broad SMARTS) is 1. The quantitative estimate of drug-likeness (QED) is 0.769. The van der Waals surface area contributed by atoms with Crippen molar-refractivity contribution < 1.29 is 14.4 Å². The molecule has 2 heterocycles. The van der Waals surface area contributed by atoms with Gasteiger partial charge in [-0.1, -0.05) is 35.5 Å². The number of nitrogens with zero attached hydrogens (tertiary/aromatic N) is 3. The third-order valence-corrected chi connectivity index (χ3v) is 3.61. The summed E-state index contributed by atoms with van der Waals surface area (Å²) >= 11 is 0. The van der Waals surface area contributed by atoms with E-state index < -0.39 is 11.5 Å². The molecule has 3 rings (SSSR count). The van der Waals surface area contributed by atoms with E-state index in [1.54, 1.807) is 13.0 Å². The fourth-order valence-electron chi connectivity index (χ4n) is 2.40. The van der Waals surface area contributed by atoms with Gasteiger partial charge in [-0.3, -0.25) is 4.79 Å². The van der Waals surface area contributed by atoms with Crippen molar-refractivity contribution in [2.45, 2.75) is 19.9 Å². The van der Waals surface area contributed by atoms with Crippen LogP contribution in [0.3, 0.4) is 0 Å². The van der Waals surface area contributed by atoms with E-state index in [9.17, 15) is 9.59 Å². The molecule has 0 atom stereocenters. The number of benzene rings is 1. The second-order valence-corrected chi connectivity index (χ2v) is 5.38. The molecule has 7 heteroatoms. The van der Waals surface area contributed by atoms with E-state index in [-0.39, 0.29) is 18.0 Å². The average molecular weight is 325 g/mol. The zero-order chi connectivity index (χ0) is 17.1. The van der Waals surface area contributed by atoms with Crippen LogP contribution in [-0.4, -0.2) is 25.8 Å². The predicted octanol–water partition coefficient (Wildman–Crippen LogP) is 1.88. The first-order valence-electron chi connectivity index (χ1n) is 7.33. The topological polar surface area (TPSA) is 98.2 Å². The Kier molecular flexibility index (Phi) is 4.24. The Labute approximate surface area is 137 Å². The van der Waals surface area contributed by atoms with Gasteiger partial charge in [-0.15, -0.1) is 0 Å². The Morgan fingerprint density at radius 1 is 1.25 bits per heavy atom. The maximum atomic E-state index is 12.2. The van der Waals surface area contributed by atoms with Crippen molar-refractivity contribution in [3.05, 3.63) is 81.4 Å². The number of aryl methyl sites for hydroxylation is 1. The molecule has 122 valence electrons. The summed E-state index contributed by atoms with van der Waals surface area (Å²) in [5.74, 6) is -0.486. The second kappa shape index (κ2) is 6.49. The van der Waals surface area contributed by atoms with Crippen LogP contribution in [0.15, 0.2) is 51.9 Å². The number of pyridine rings is 1. The number of aromatic carboxylic acids is 1. The van der Waals surface area contributed by atoms with Crippen LogP contribution in [0.1, 0.15) is 33.2 Å². The number of carboxylic acids is 1. The van der Waals surface area contributed by atoms with Crippen molar-refractivity contribution in [3.63, 3.8) is 0 Å². The van der Waals surface area contributed by atoms with Crippen LogP contribution >= 0.6 is 0 Å². The van der Waals surface area contributed by atoms with E-state index in [1.165, 1.54) is 10.8 Å². The summed E-state index contributed by atoms with van der Waals surface area (Å²) < 4.78 is 6.40. The van der Waals surface area contributed by atoms with E-state index in [0.717, 1.165) is 5.56 Å². The lowest BCUT2D eigenvalue weighted by Crippen LogP contribution is -2.27. The number of hydrogen-bond acceptors (Lipinski definition) is 5. The fourth-order valence-corrected chi connectivity index (χ4v) is 2.40. The maximum Gasteiger partial charge on any atom is 0.341 e. The Morgan fingerprint density at radius 3 is 2.71 bits per heavy atom. The molecular weight excluding hydrogens is 310 g/mol. The van der Waals surface area contributed by atoms with E-state index in [1.807, 2.05) is 30.3 Å². The molecule has 3 aromatic rings. The first-order chi connectivity index (χ1) is 11.5. The summed E-state index contributed by atoms with van der Waals surface area (Å²) in [5.41, 5.74) is 0.622. The highest BCUT2D eigenvalue weighted by Crippen LogP contribution is 2.08. The normalized spacial score (nSPS) is 10.7. The molecular formula is C17H15N3O4. The molecule has 0 aliphatic rings. The third-order valence-electron chi connectivity index (χ3n) is 3.61.